The molecule has 4 rings (SSSR count). The number of pyridine rings is 1. The molecule has 0 amide bonds. The van der Waals surface area contributed by atoms with Gasteiger partial charge in [0.25, 0.3) is 11.1 Å². The zero-order chi connectivity index (χ0) is 25.7. The van der Waals surface area contributed by atoms with Gasteiger partial charge in [-0.25, -0.2) is 4.98 Å². The second kappa shape index (κ2) is 14.4. The Bertz CT molecular complexity index is 1350. The molecule has 2 aromatic carbocycles. The smallest absolute Gasteiger partial charge is 0.255 e. The highest BCUT2D eigenvalue weighted by Gasteiger charge is 2.07. The molecule has 2 aromatic heterocycles. The second-order valence-electron chi connectivity index (χ2n) is 9.41. The van der Waals surface area contributed by atoms with Crippen LogP contribution in [-0.2, 0) is 19.4 Å². The first-order valence-corrected chi connectivity index (χ1v) is 14.1. The van der Waals surface area contributed by atoms with Gasteiger partial charge in [-0.1, -0.05) is 98.1 Å². The topological polar surface area (TPSA) is 67.8 Å². The molecule has 1 N–H and O–H groups in total. The predicted octanol–water partition coefficient (Wildman–Crippen LogP) is 6.25. The Balaban J connectivity index is 1.15. The molecular formula is C31H35N3O2S. The molecule has 37 heavy (non-hydrogen) atoms. The average molecular weight is 514 g/mol. The van der Waals surface area contributed by atoms with Crippen molar-refractivity contribution in [2.24, 2.45) is 0 Å². The lowest BCUT2D eigenvalue weighted by molar-refractivity contribution is 0.609. The lowest BCUT2D eigenvalue weighted by Gasteiger charge is -2.08. The number of rotatable bonds is 14. The Morgan fingerprint density at radius 1 is 0.757 bits per heavy atom. The maximum atomic E-state index is 12.6. The predicted molar refractivity (Wildman–Crippen MR) is 152 cm³/mol. The van der Waals surface area contributed by atoms with E-state index in [0.29, 0.717) is 23.7 Å². The molecule has 0 radical (unpaired) electrons. The number of aromatic nitrogens is 3. The van der Waals surface area contributed by atoms with Crippen LogP contribution >= 0.6 is 11.8 Å². The van der Waals surface area contributed by atoms with E-state index < -0.39 is 0 Å². The number of nitrogens with zero attached hydrogens (tertiary/aromatic N) is 2. The van der Waals surface area contributed by atoms with Crippen molar-refractivity contribution in [1.29, 1.82) is 0 Å². The summed E-state index contributed by atoms with van der Waals surface area (Å²) in [6, 6.07) is 24.1. The van der Waals surface area contributed by atoms with Crippen molar-refractivity contribution in [1.82, 2.24) is 14.5 Å². The number of benzene rings is 2. The number of hydrogen-bond donors (Lipinski definition) is 1. The van der Waals surface area contributed by atoms with Gasteiger partial charge in [0.05, 0.1) is 6.54 Å². The number of aryl methyl sites for hydroxylation is 1. The van der Waals surface area contributed by atoms with Gasteiger partial charge in [-0.15, -0.1) is 0 Å². The summed E-state index contributed by atoms with van der Waals surface area (Å²) >= 11 is 1.60. The van der Waals surface area contributed by atoms with Crippen LogP contribution in [0.3, 0.4) is 0 Å². The molecule has 0 bridgehead atoms. The van der Waals surface area contributed by atoms with Crippen molar-refractivity contribution in [3.63, 3.8) is 0 Å². The monoisotopic (exact) mass is 513 g/mol. The van der Waals surface area contributed by atoms with Crippen molar-refractivity contribution < 1.29 is 0 Å². The molecule has 2 heterocycles. The lowest BCUT2D eigenvalue weighted by atomic mass is 10.1. The zero-order valence-corrected chi connectivity index (χ0v) is 22.1. The highest BCUT2D eigenvalue weighted by molar-refractivity contribution is 7.99. The Hall–Kier alpha value is -3.38. The summed E-state index contributed by atoms with van der Waals surface area (Å²) in [6.07, 6.45) is 12.4. The van der Waals surface area contributed by atoms with Gasteiger partial charge in [-0.2, -0.15) is 0 Å². The van der Waals surface area contributed by atoms with Crippen LogP contribution in [0.2, 0.25) is 0 Å². The Morgan fingerprint density at radius 3 is 2.14 bits per heavy atom. The standard InChI is InChI=1S/C31H35N3O2S/c35-29-22-27(18-19-34(29)24-26-16-10-6-11-17-26)21-28-23-32-31(33-30(28)36)37-20-12-4-2-1-3-7-13-25-14-8-5-9-15-25/h5-6,8-11,14-19,22-23H,1-4,7,12-13,20-21,24H2,(H,32,33,36). The van der Waals surface area contributed by atoms with Crippen LogP contribution in [0.15, 0.2) is 99.9 Å². The third-order valence-electron chi connectivity index (χ3n) is 6.44. The summed E-state index contributed by atoms with van der Waals surface area (Å²) in [5.41, 5.74) is 3.67. The van der Waals surface area contributed by atoms with E-state index in [1.165, 1.54) is 44.1 Å². The highest BCUT2D eigenvalue weighted by Crippen LogP contribution is 2.16. The summed E-state index contributed by atoms with van der Waals surface area (Å²) in [7, 11) is 0. The fraction of sp³-hybridized carbons (Fsp3) is 0.323. The van der Waals surface area contributed by atoms with Gasteiger partial charge in [-0.05, 0) is 42.0 Å². The van der Waals surface area contributed by atoms with Crippen LogP contribution in [0, 0.1) is 0 Å². The van der Waals surface area contributed by atoms with Gasteiger partial charge in [0, 0.05) is 36.2 Å². The molecule has 0 atom stereocenters. The molecular weight excluding hydrogens is 478 g/mol. The minimum Gasteiger partial charge on any atom is -0.311 e. The molecule has 0 spiro atoms. The molecule has 0 aliphatic heterocycles. The van der Waals surface area contributed by atoms with E-state index in [9.17, 15) is 9.59 Å². The van der Waals surface area contributed by atoms with Gasteiger partial charge < -0.3 is 9.55 Å². The van der Waals surface area contributed by atoms with Crippen molar-refractivity contribution in [2.45, 2.75) is 63.1 Å². The van der Waals surface area contributed by atoms with Gasteiger partial charge in [-0.3, -0.25) is 9.59 Å². The van der Waals surface area contributed by atoms with E-state index in [1.54, 1.807) is 34.8 Å². The van der Waals surface area contributed by atoms with Crippen LogP contribution in [0.1, 0.15) is 60.8 Å². The van der Waals surface area contributed by atoms with Crippen molar-refractivity contribution in [2.75, 3.05) is 5.75 Å². The first-order chi connectivity index (χ1) is 18.2. The minimum absolute atomic E-state index is 0.0749. The van der Waals surface area contributed by atoms with E-state index in [0.717, 1.165) is 23.3 Å². The number of aromatic amines is 1. The first kappa shape index (κ1) is 26.7. The van der Waals surface area contributed by atoms with Gasteiger partial charge in [0.2, 0.25) is 0 Å². The molecule has 192 valence electrons. The minimum atomic E-state index is -0.135. The van der Waals surface area contributed by atoms with Crippen molar-refractivity contribution in [3.05, 3.63) is 128 Å². The molecule has 0 fully saturated rings. The molecule has 0 saturated heterocycles. The van der Waals surface area contributed by atoms with E-state index in [1.807, 2.05) is 36.4 Å². The van der Waals surface area contributed by atoms with Gasteiger partial charge in [0.1, 0.15) is 0 Å². The molecule has 0 aliphatic rings. The summed E-state index contributed by atoms with van der Waals surface area (Å²) in [4.78, 5) is 32.5. The van der Waals surface area contributed by atoms with Crippen molar-refractivity contribution >= 4 is 11.8 Å². The van der Waals surface area contributed by atoms with Crippen molar-refractivity contribution in [3.8, 4) is 0 Å². The molecule has 6 heteroatoms. The lowest BCUT2D eigenvalue weighted by Crippen LogP contribution is -2.21. The van der Waals surface area contributed by atoms with E-state index in [-0.39, 0.29) is 11.1 Å². The molecule has 5 nitrogen and oxygen atoms in total. The van der Waals surface area contributed by atoms with Crippen LogP contribution in [0.4, 0.5) is 0 Å². The first-order valence-electron chi connectivity index (χ1n) is 13.2. The number of H-pyrrole nitrogens is 1. The van der Waals surface area contributed by atoms with Gasteiger partial charge >= 0.3 is 0 Å². The largest absolute Gasteiger partial charge is 0.311 e. The summed E-state index contributed by atoms with van der Waals surface area (Å²) in [5.74, 6) is 0.950. The van der Waals surface area contributed by atoms with Crippen LogP contribution in [0.25, 0.3) is 0 Å². The quantitative estimate of drug-likeness (QED) is 0.123. The third kappa shape index (κ3) is 8.90. The Kier molecular flexibility index (Phi) is 10.4. The SMILES string of the molecule is O=c1[nH]c(SCCCCCCCCc2ccccc2)ncc1Cc1ccn(Cc2ccccc2)c(=O)c1. The van der Waals surface area contributed by atoms with E-state index >= 15 is 0 Å². The van der Waals surface area contributed by atoms with Gasteiger partial charge in [0.15, 0.2) is 5.16 Å². The van der Waals surface area contributed by atoms with E-state index in [4.69, 9.17) is 0 Å². The fourth-order valence-electron chi connectivity index (χ4n) is 4.35. The Labute approximate surface area is 223 Å². The summed E-state index contributed by atoms with van der Waals surface area (Å²) in [6.45, 7) is 0.530. The number of nitrogens with one attached hydrogen (secondary N) is 1. The molecule has 4 aromatic rings. The normalized spacial score (nSPS) is 11.0. The number of thioether (sulfide) groups is 1. The highest BCUT2D eigenvalue weighted by atomic mass is 32.2. The zero-order valence-electron chi connectivity index (χ0n) is 21.3. The fourth-order valence-corrected chi connectivity index (χ4v) is 5.18. The number of hydrogen-bond acceptors (Lipinski definition) is 4. The molecule has 0 saturated carbocycles. The maximum absolute atomic E-state index is 12.6. The van der Waals surface area contributed by atoms with E-state index in [2.05, 4.69) is 40.3 Å². The maximum Gasteiger partial charge on any atom is 0.255 e. The Morgan fingerprint density at radius 2 is 1.43 bits per heavy atom. The molecule has 0 aliphatic carbocycles. The summed E-state index contributed by atoms with van der Waals surface area (Å²) in [5, 5.41) is 0.662. The van der Waals surface area contributed by atoms with Crippen LogP contribution in [-0.4, -0.2) is 20.3 Å². The number of unbranched alkanes of at least 4 members (excludes halogenated alkanes) is 5. The average Bonchev–Trinajstić information content (AvgIpc) is 2.92. The van der Waals surface area contributed by atoms with Crippen LogP contribution in [0.5, 0.6) is 0 Å². The van der Waals surface area contributed by atoms with Crippen LogP contribution < -0.4 is 11.1 Å². The summed E-state index contributed by atoms with van der Waals surface area (Å²) < 4.78 is 1.67. The third-order valence-corrected chi connectivity index (χ3v) is 7.42. The second-order valence-corrected chi connectivity index (χ2v) is 10.5. The molecule has 0 unspecified atom stereocenters.